The van der Waals surface area contributed by atoms with E-state index in [9.17, 15) is 4.79 Å². The number of esters is 1. The average molecular weight is 743 g/mol. The topological polar surface area (TPSA) is 93.5 Å². The zero-order chi connectivity index (χ0) is 38.1. The maximum atomic E-state index is 12.2. The van der Waals surface area contributed by atoms with Crippen molar-refractivity contribution in [3.63, 3.8) is 0 Å². The third kappa shape index (κ3) is 34.1. The number of nitrogens with zero attached hydrogens (tertiary/aromatic N) is 2. The molecule has 0 aliphatic carbocycles. The summed E-state index contributed by atoms with van der Waals surface area (Å²) in [6.07, 6.45) is 54.0. The number of carbonyl (C=O) groups excluding carboxylic acids is 1. The first kappa shape index (κ1) is 48.9. The van der Waals surface area contributed by atoms with Gasteiger partial charge in [0.15, 0.2) is 0 Å². The van der Waals surface area contributed by atoms with Gasteiger partial charge in [0.2, 0.25) is 0 Å². The third-order valence-electron chi connectivity index (χ3n) is 10.3. The Bertz CT molecular complexity index is 893. The van der Waals surface area contributed by atoms with E-state index in [4.69, 9.17) is 15.2 Å². The molecule has 0 bridgehead atoms. The number of imidazole rings is 1. The highest BCUT2D eigenvalue weighted by Crippen LogP contribution is 2.15. The van der Waals surface area contributed by atoms with Crippen molar-refractivity contribution in [1.29, 1.82) is 0 Å². The van der Waals surface area contributed by atoms with Crippen molar-refractivity contribution in [3.05, 3.63) is 42.8 Å². The van der Waals surface area contributed by atoms with Crippen LogP contribution >= 0.6 is 0 Å². The molecule has 0 saturated carbocycles. The van der Waals surface area contributed by atoms with Crippen molar-refractivity contribution in [2.75, 3.05) is 26.4 Å². The number of aromatic amines is 1. The Kier molecular flexibility index (Phi) is 36.5. The van der Waals surface area contributed by atoms with Gasteiger partial charge in [0, 0.05) is 24.9 Å². The molecule has 308 valence electrons. The van der Waals surface area contributed by atoms with Crippen molar-refractivity contribution in [1.82, 2.24) is 14.9 Å². The predicted molar refractivity (Wildman–Crippen MR) is 227 cm³/mol. The van der Waals surface area contributed by atoms with Gasteiger partial charge in [-0.15, -0.1) is 0 Å². The molecule has 0 aromatic carbocycles. The highest BCUT2D eigenvalue weighted by molar-refractivity contribution is 5.75. The van der Waals surface area contributed by atoms with Crippen LogP contribution in [0.5, 0.6) is 0 Å². The summed E-state index contributed by atoms with van der Waals surface area (Å²) in [5.74, 6) is -0.414. The molecule has 0 radical (unpaired) electrons. The summed E-state index contributed by atoms with van der Waals surface area (Å²) in [5, 5.41) is 0. The quantitative estimate of drug-likeness (QED) is 0.0512. The van der Waals surface area contributed by atoms with Crippen molar-refractivity contribution < 1.29 is 14.3 Å². The van der Waals surface area contributed by atoms with Crippen LogP contribution in [-0.2, 0) is 20.7 Å². The number of nitrogens with two attached hydrogens (primary N) is 1. The Morgan fingerprint density at radius 1 is 0.642 bits per heavy atom. The Balaban J connectivity index is 2.21. The van der Waals surface area contributed by atoms with E-state index in [0.717, 1.165) is 25.1 Å². The van der Waals surface area contributed by atoms with Crippen molar-refractivity contribution in [2.24, 2.45) is 5.73 Å². The largest absolute Gasteiger partial charge is 0.462 e. The van der Waals surface area contributed by atoms with Gasteiger partial charge in [-0.25, -0.2) is 4.98 Å². The summed E-state index contributed by atoms with van der Waals surface area (Å²) >= 11 is 0. The number of aromatic nitrogens is 2. The summed E-state index contributed by atoms with van der Waals surface area (Å²) in [6.45, 7) is 6.50. The van der Waals surface area contributed by atoms with Crippen LogP contribution in [0.2, 0.25) is 0 Å². The lowest BCUT2D eigenvalue weighted by molar-refractivity contribution is -0.146. The lowest BCUT2D eigenvalue weighted by atomic mass is 10.0. The van der Waals surface area contributed by atoms with Gasteiger partial charge in [-0.1, -0.05) is 193 Å². The molecule has 0 spiro atoms. The van der Waals surface area contributed by atoms with E-state index >= 15 is 0 Å². The lowest BCUT2D eigenvalue weighted by Gasteiger charge is -2.16. The minimum atomic E-state index is -0.708. The van der Waals surface area contributed by atoms with E-state index < -0.39 is 12.0 Å². The van der Waals surface area contributed by atoms with E-state index in [2.05, 4.69) is 53.3 Å². The number of nitrogens with one attached hydrogen (secondary N) is 1. The van der Waals surface area contributed by atoms with Gasteiger partial charge < -0.3 is 25.1 Å². The van der Waals surface area contributed by atoms with Gasteiger partial charge in [-0.05, 0) is 38.1 Å². The van der Waals surface area contributed by atoms with E-state index in [1.54, 1.807) is 12.5 Å². The van der Waals surface area contributed by atoms with Gasteiger partial charge in [0.25, 0.3) is 0 Å². The fourth-order valence-corrected chi connectivity index (χ4v) is 6.83. The molecule has 0 aliphatic heterocycles. The Morgan fingerprint density at radius 3 is 1.45 bits per heavy atom. The molecule has 0 fully saturated rings. The summed E-state index contributed by atoms with van der Waals surface area (Å²) in [5.41, 5.74) is 6.79. The predicted octanol–water partition coefficient (Wildman–Crippen LogP) is 12.9. The summed E-state index contributed by atoms with van der Waals surface area (Å²) in [7, 11) is 0. The van der Waals surface area contributed by atoms with Gasteiger partial charge in [-0.3, -0.25) is 4.79 Å². The third-order valence-corrected chi connectivity index (χ3v) is 10.3. The van der Waals surface area contributed by atoms with Crippen LogP contribution in [-0.4, -0.2) is 53.2 Å². The van der Waals surface area contributed by atoms with Crippen LogP contribution in [0, 0.1) is 0 Å². The van der Waals surface area contributed by atoms with E-state index in [1.807, 2.05) is 0 Å². The molecular weight excluding hydrogens is 657 g/mol. The zero-order valence-electron chi connectivity index (χ0n) is 35.0. The Morgan fingerprint density at radius 2 is 1.06 bits per heavy atom. The number of H-pyrrole nitrogens is 1. The lowest BCUT2D eigenvalue weighted by Crippen LogP contribution is -2.35. The summed E-state index contributed by atoms with van der Waals surface area (Å²) < 4.78 is 11.1. The van der Waals surface area contributed by atoms with Crippen LogP contribution in [0.25, 0.3) is 0 Å². The molecule has 7 nitrogen and oxygen atoms in total. The molecule has 7 heteroatoms. The Hall–Kier alpha value is -2.12. The van der Waals surface area contributed by atoms with E-state index in [1.165, 1.54) is 180 Å². The second-order valence-corrected chi connectivity index (χ2v) is 15.4. The number of unbranched alkanes of at least 4 members (excludes halogenated alkanes) is 28. The highest BCUT2D eigenvalue weighted by atomic mass is 16.6. The molecule has 1 unspecified atom stereocenters. The van der Waals surface area contributed by atoms with Gasteiger partial charge in [0.1, 0.15) is 12.6 Å². The molecule has 0 saturated heterocycles. The molecule has 53 heavy (non-hydrogen) atoms. The molecule has 1 atom stereocenters. The fourth-order valence-electron chi connectivity index (χ4n) is 6.83. The molecule has 1 heterocycles. The second-order valence-electron chi connectivity index (χ2n) is 15.4. The van der Waals surface area contributed by atoms with Crippen molar-refractivity contribution >= 4 is 5.97 Å². The molecular formula is C46H86N4O3. The first-order valence-corrected chi connectivity index (χ1v) is 22.7. The van der Waals surface area contributed by atoms with Crippen LogP contribution in [0.1, 0.15) is 212 Å². The standard InChI is InChI=1S/C46H86N4O3/c1-3-5-7-9-11-13-15-17-19-21-23-25-27-29-31-33-35-50(37-38-52-39-40-53-46(51)45(47)41-44-42-48-43-49-44)36-34-32-30-28-26-24-22-20-18-16-14-12-10-8-6-4-2/h33-36,42-43,45H,3-32,37-41,47H2,1-2H3,(H,48,49)/b35-33-,36-34+. The normalized spacial score (nSPS) is 12.4. The van der Waals surface area contributed by atoms with Crippen LogP contribution < -0.4 is 5.73 Å². The first-order chi connectivity index (χ1) is 26.2. The average Bonchev–Trinajstić information content (AvgIpc) is 3.68. The molecule has 3 N–H and O–H groups in total. The molecule has 0 aliphatic rings. The number of hydrogen-bond acceptors (Lipinski definition) is 6. The molecule has 1 rings (SSSR count). The van der Waals surface area contributed by atoms with Crippen molar-refractivity contribution in [3.8, 4) is 0 Å². The number of carbonyl (C=O) groups is 1. The van der Waals surface area contributed by atoms with Gasteiger partial charge in [0.05, 0.1) is 19.5 Å². The smallest absolute Gasteiger partial charge is 0.323 e. The second kappa shape index (κ2) is 39.6. The number of hydrogen-bond donors (Lipinski definition) is 2. The summed E-state index contributed by atoms with van der Waals surface area (Å²) in [4.78, 5) is 21.4. The minimum Gasteiger partial charge on any atom is -0.462 e. The zero-order valence-corrected chi connectivity index (χ0v) is 35.0. The fraction of sp³-hybridized carbons (Fsp3) is 0.826. The monoisotopic (exact) mass is 743 g/mol. The molecule has 0 amide bonds. The maximum Gasteiger partial charge on any atom is 0.323 e. The van der Waals surface area contributed by atoms with E-state index in [-0.39, 0.29) is 6.61 Å². The Labute approximate surface area is 328 Å². The van der Waals surface area contributed by atoms with Crippen LogP contribution in [0.3, 0.4) is 0 Å². The highest BCUT2D eigenvalue weighted by Gasteiger charge is 2.16. The van der Waals surface area contributed by atoms with Gasteiger partial charge in [-0.2, -0.15) is 0 Å². The molecule has 1 aromatic heterocycles. The minimum absolute atomic E-state index is 0.208. The van der Waals surface area contributed by atoms with Crippen LogP contribution in [0.15, 0.2) is 37.1 Å². The number of allylic oxidation sites excluding steroid dienone is 2. The molecule has 1 aromatic rings. The SMILES string of the molecule is CCCCCCCCCCCCCCCC/C=C\N(/C=C/CCCCCCCCCCCCCCCC)CCOCCOC(=O)C(N)Cc1cnc[nH]1. The summed E-state index contributed by atoms with van der Waals surface area (Å²) in [6, 6.07) is -0.708. The maximum absolute atomic E-state index is 12.2. The van der Waals surface area contributed by atoms with E-state index in [0.29, 0.717) is 19.6 Å². The van der Waals surface area contributed by atoms with Gasteiger partial charge >= 0.3 is 5.97 Å². The van der Waals surface area contributed by atoms with Crippen molar-refractivity contribution in [2.45, 2.75) is 219 Å². The number of rotatable bonds is 41. The first-order valence-electron chi connectivity index (χ1n) is 22.7. The number of ether oxygens (including phenoxy) is 2. The van der Waals surface area contributed by atoms with Crippen LogP contribution in [0.4, 0.5) is 0 Å².